The Bertz CT molecular complexity index is 442. The van der Waals surface area contributed by atoms with Crippen LogP contribution in [0.3, 0.4) is 0 Å². The molecule has 2 N–H and O–H groups in total. The zero-order valence-corrected chi connectivity index (χ0v) is 9.89. The van der Waals surface area contributed by atoms with Gasteiger partial charge in [0.2, 0.25) is 5.91 Å². The molecule has 5 heteroatoms. The van der Waals surface area contributed by atoms with Crippen molar-refractivity contribution < 1.29 is 19.5 Å². The van der Waals surface area contributed by atoms with E-state index in [1.54, 1.807) is 18.2 Å². The van der Waals surface area contributed by atoms with Crippen LogP contribution < -0.4 is 5.32 Å². The van der Waals surface area contributed by atoms with E-state index in [1.807, 2.05) is 6.07 Å². The predicted octanol–water partition coefficient (Wildman–Crippen LogP) is 0.561. The van der Waals surface area contributed by atoms with Crippen LogP contribution in [0.1, 0.15) is 17.5 Å². The largest absolute Gasteiger partial charge is 0.481 e. The monoisotopic (exact) mass is 249 g/mol. The van der Waals surface area contributed by atoms with Crippen LogP contribution in [0.25, 0.3) is 0 Å². The molecule has 0 aliphatic carbocycles. The number of carboxylic acids is 1. The first-order valence-corrected chi connectivity index (χ1v) is 5.62. The van der Waals surface area contributed by atoms with Crippen LogP contribution in [0.2, 0.25) is 0 Å². The molecule has 0 saturated carbocycles. The smallest absolute Gasteiger partial charge is 0.305 e. The van der Waals surface area contributed by atoms with Gasteiger partial charge in [0.1, 0.15) is 6.29 Å². The van der Waals surface area contributed by atoms with E-state index >= 15 is 0 Å². The lowest BCUT2D eigenvalue weighted by molar-refractivity contribution is -0.136. The summed E-state index contributed by atoms with van der Waals surface area (Å²) in [6.07, 6.45) is 1.13. The summed E-state index contributed by atoms with van der Waals surface area (Å²) in [6, 6.07) is 7.20. The molecule has 0 spiro atoms. The minimum Gasteiger partial charge on any atom is -0.481 e. The molecule has 1 rings (SSSR count). The van der Waals surface area contributed by atoms with Crippen molar-refractivity contribution in [3.63, 3.8) is 0 Å². The fraction of sp³-hybridized carbons (Fsp3) is 0.308. The average Bonchev–Trinajstić information content (AvgIpc) is 2.31. The van der Waals surface area contributed by atoms with E-state index in [0.717, 1.165) is 17.4 Å². The highest BCUT2D eigenvalue weighted by atomic mass is 16.4. The third-order valence-corrected chi connectivity index (χ3v) is 2.43. The van der Waals surface area contributed by atoms with Gasteiger partial charge in [-0.1, -0.05) is 24.3 Å². The highest BCUT2D eigenvalue weighted by molar-refractivity contribution is 5.79. The molecule has 1 amide bonds. The summed E-state index contributed by atoms with van der Waals surface area (Å²) in [5, 5.41) is 11.0. The molecule has 0 bridgehead atoms. The summed E-state index contributed by atoms with van der Waals surface area (Å²) < 4.78 is 0. The number of nitrogens with one attached hydrogen (secondary N) is 1. The minimum absolute atomic E-state index is 0.0955. The second-order valence-corrected chi connectivity index (χ2v) is 3.81. The Morgan fingerprint density at radius 2 is 1.89 bits per heavy atom. The SMILES string of the molecule is O=CCc1ccccc1CC(=O)NCCC(=O)O. The Morgan fingerprint density at radius 1 is 1.22 bits per heavy atom. The van der Waals surface area contributed by atoms with Crippen molar-refractivity contribution in [2.24, 2.45) is 0 Å². The lowest BCUT2D eigenvalue weighted by atomic mass is 10.0. The molecule has 5 nitrogen and oxygen atoms in total. The van der Waals surface area contributed by atoms with Gasteiger partial charge >= 0.3 is 5.97 Å². The molecular formula is C13H15NO4. The maximum Gasteiger partial charge on any atom is 0.305 e. The highest BCUT2D eigenvalue weighted by Crippen LogP contribution is 2.09. The molecule has 0 aromatic heterocycles. The van der Waals surface area contributed by atoms with Gasteiger partial charge in [-0.25, -0.2) is 0 Å². The molecule has 0 fully saturated rings. The first-order chi connectivity index (χ1) is 8.63. The number of benzene rings is 1. The highest BCUT2D eigenvalue weighted by Gasteiger charge is 2.07. The van der Waals surface area contributed by atoms with Crippen molar-refractivity contribution in [3.8, 4) is 0 Å². The maximum absolute atomic E-state index is 11.6. The number of hydrogen-bond acceptors (Lipinski definition) is 3. The maximum atomic E-state index is 11.6. The minimum atomic E-state index is -0.948. The Labute approximate surface area is 105 Å². The summed E-state index contributed by atoms with van der Waals surface area (Å²) in [5.41, 5.74) is 1.61. The van der Waals surface area contributed by atoms with Gasteiger partial charge < -0.3 is 15.2 Å². The van der Waals surface area contributed by atoms with Gasteiger partial charge in [0.05, 0.1) is 12.8 Å². The van der Waals surface area contributed by atoms with Crippen molar-refractivity contribution in [2.75, 3.05) is 6.54 Å². The molecule has 96 valence electrons. The number of carbonyl (C=O) groups is 3. The summed E-state index contributed by atoms with van der Waals surface area (Å²) in [6.45, 7) is 0.115. The van der Waals surface area contributed by atoms with Crippen LogP contribution in [-0.2, 0) is 27.2 Å². The number of carbonyl (C=O) groups excluding carboxylic acids is 2. The molecule has 0 saturated heterocycles. The van der Waals surface area contributed by atoms with Crippen LogP contribution in [0, 0.1) is 0 Å². The second kappa shape index (κ2) is 7.21. The van der Waals surface area contributed by atoms with Gasteiger partial charge in [0.25, 0.3) is 0 Å². The van der Waals surface area contributed by atoms with Gasteiger partial charge in [0, 0.05) is 13.0 Å². The van der Waals surface area contributed by atoms with Gasteiger partial charge in [-0.2, -0.15) is 0 Å². The number of amides is 1. The van der Waals surface area contributed by atoms with Gasteiger partial charge in [-0.15, -0.1) is 0 Å². The predicted molar refractivity (Wildman–Crippen MR) is 65.2 cm³/mol. The molecule has 0 aliphatic rings. The van der Waals surface area contributed by atoms with Crippen molar-refractivity contribution in [2.45, 2.75) is 19.3 Å². The summed E-state index contributed by atoms with van der Waals surface area (Å²) in [5.74, 6) is -1.19. The molecule has 1 aromatic carbocycles. The average molecular weight is 249 g/mol. The quantitative estimate of drug-likeness (QED) is 0.692. The van der Waals surface area contributed by atoms with E-state index in [9.17, 15) is 14.4 Å². The van der Waals surface area contributed by atoms with Crippen LogP contribution in [0.4, 0.5) is 0 Å². The van der Waals surface area contributed by atoms with E-state index in [-0.39, 0.29) is 31.7 Å². The van der Waals surface area contributed by atoms with Gasteiger partial charge in [0.15, 0.2) is 0 Å². The summed E-state index contributed by atoms with van der Waals surface area (Å²) >= 11 is 0. The Morgan fingerprint density at radius 3 is 2.50 bits per heavy atom. The molecule has 0 radical (unpaired) electrons. The topological polar surface area (TPSA) is 83.5 Å². The standard InChI is InChI=1S/C13H15NO4/c15-8-6-10-3-1-2-4-11(10)9-12(16)14-7-5-13(17)18/h1-4,8H,5-7,9H2,(H,14,16)(H,17,18). The lowest BCUT2D eigenvalue weighted by Crippen LogP contribution is -2.27. The molecule has 0 unspecified atom stereocenters. The number of rotatable bonds is 7. The third-order valence-electron chi connectivity index (χ3n) is 2.43. The first-order valence-electron chi connectivity index (χ1n) is 5.62. The van der Waals surface area contributed by atoms with Crippen LogP contribution >= 0.6 is 0 Å². The third kappa shape index (κ3) is 4.78. The van der Waals surface area contributed by atoms with Crippen molar-refractivity contribution in [1.29, 1.82) is 0 Å². The molecule has 1 aromatic rings. The molecule has 0 aliphatic heterocycles. The first kappa shape index (κ1) is 13.9. The van der Waals surface area contributed by atoms with E-state index in [0.29, 0.717) is 0 Å². The number of aldehydes is 1. The van der Waals surface area contributed by atoms with E-state index < -0.39 is 5.97 Å². The van der Waals surface area contributed by atoms with E-state index in [1.165, 1.54) is 0 Å². The fourth-order valence-electron chi connectivity index (χ4n) is 1.56. The number of hydrogen-bond donors (Lipinski definition) is 2. The number of carboxylic acid groups (broad SMARTS) is 1. The Balaban J connectivity index is 2.53. The van der Waals surface area contributed by atoms with Crippen LogP contribution in [0.15, 0.2) is 24.3 Å². The van der Waals surface area contributed by atoms with E-state index in [4.69, 9.17) is 5.11 Å². The van der Waals surface area contributed by atoms with E-state index in [2.05, 4.69) is 5.32 Å². The Kier molecular flexibility index (Phi) is 5.57. The zero-order chi connectivity index (χ0) is 13.4. The second-order valence-electron chi connectivity index (χ2n) is 3.81. The zero-order valence-electron chi connectivity index (χ0n) is 9.89. The molecule has 0 heterocycles. The molecular weight excluding hydrogens is 234 g/mol. The van der Waals surface area contributed by atoms with Crippen LogP contribution in [0.5, 0.6) is 0 Å². The molecule has 0 atom stereocenters. The summed E-state index contributed by atoms with van der Waals surface area (Å²) in [7, 11) is 0. The fourth-order valence-corrected chi connectivity index (χ4v) is 1.56. The Hall–Kier alpha value is -2.17. The van der Waals surface area contributed by atoms with Gasteiger partial charge in [-0.3, -0.25) is 9.59 Å². The normalized spacial score (nSPS) is 9.78. The van der Waals surface area contributed by atoms with Crippen LogP contribution in [-0.4, -0.2) is 29.8 Å². The lowest BCUT2D eigenvalue weighted by Gasteiger charge is -2.07. The summed E-state index contributed by atoms with van der Waals surface area (Å²) in [4.78, 5) is 32.3. The van der Waals surface area contributed by atoms with Gasteiger partial charge in [-0.05, 0) is 11.1 Å². The van der Waals surface area contributed by atoms with Crippen molar-refractivity contribution >= 4 is 18.2 Å². The van der Waals surface area contributed by atoms with Crippen molar-refractivity contribution in [1.82, 2.24) is 5.32 Å². The molecule has 18 heavy (non-hydrogen) atoms. The number of aliphatic carboxylic acids is 1. The van der Waals surface area contributed by atoms with Crippen molar-refractivity contribution in [3.05, 3.63) is 35.4 Å².